The molecule has 192 valence electrons. The van der Waals surface area contributed by atoms with E-state index in [4.69, 9.17) is 16.6 Å². The van der Waals surface area contributed by atoms with E-state index in [2.05, 4.69) is 21.4 Å². The van der Waals surface area contributed by atoms with E-state index in [1.54, 1.807) is 6.07 Å². The van der Waals surface area contributed by atoms with Crippen LogP contribution in [0.3, 0.4) is 0 Å². The minimum Gasteiger partial charge on any atom is -0.476 e. The molecule has 1 aliphatic heterocycles. The van der Waals surface area contributed by atoms with Crippen LogP contribution in [0.4, 0.5) is 20.3 Å². The zero-order valence-electron chi connectivity index (χ0n) is 20.4. The van der Waals surface area contributed by atoms with Crippen molar-refractivity contribution in [3.8, 4) is 6.07 Å². The molecule has 5 rings (SSSR count). The zero-order valence-corrected chi connectivity index (χ0v) is 21.1. The maximum absolute atomic E-state index is 13.6. The van der Waals surface area contributed by atoms with E-state index in [0.29, 0.717) is 48.5 Å². The zero-order chi connectivity index (χ0) is 26.5. The number of carbonyl (C=O) groups is 1. The number of carboxylic acids is 1. The van der Waals surface area contributed by atoms with Gasteiger partial charge in [-0.2, -0.15) is 5.26 Å². The second-order valence-electron chi connectivity index (χ2n) is 10.1. The quantitative estimate of drug-likeness (QED) is 0.404. The Balaban J connectivity index is 1.49. The summed E-state index contributed by atoms with van der Waals surface area (Å²) >= 11 is 5.89. The Morgan fingerprint density at radius 1 is 1.22 bits per heavy atom. The molecule has 11 heteroatoms. The summed E-state index contributed by atoms with van der Waals surface area (Å²) < 4.78 is 27.1. The van der Waals surface area contributed by atoms with Crippen LogP contribution in [0.25, 0.3) is 11.0 Å². The molecule has 2 aliphatic rings. The first-order valence-electron chi connectivity index (χ1n) is 12.0. The maximum atomic E-state index is 13.6. The number of nitriles is 1. The van der Waals surface area contributed by atoms with Crippen LogP contribution in [-0.4, -0.2) is 45.0 Å². The molecule has 1 saturated carbocycles. The van der Waals surface area contributed by atoms with Crippen molar-refractivity contribution in [2.45, 2.75) is 51.5 Å². The molecule has 0 unspecified atom stereocenters. The van der Waals surface area contributed by atoms with E-state index in [-0.39, 0.29) is 40.8 Å². The highest BCUT2D eigenvalue weighted by atomic mass is 35.5. The van der Waals surface area contributed by atoms with Gasteiger partial charge < -0.3 is 15.3 Å². The van der Waals surface area contributed by atoms with Gasteiger partial charge in [0.15, 0.2) is 17.2 Å². The van der Waals surface area contributed by atoms with E-state index in [1.165, 1.54) is 6.07 Å². The van der Waals surface area contributed by atoms with E-state index in [1.807, 2.05) is 30.9 Å². The molecule has 1 aromatic carbocycles. The molecule has 2 fully saturated rings. The largest absolute Gasteiger partial charge is 0.476 e. The Hall–Kier alpha value is -3.58. The van der Waals surface area contributed by atoms with Gasteiger partial charge in [0, 0.05) is 31.5 Å². The second kappa shape index (κ2) is 9.06. The van der Waals surface area contributed by atoms with E-state index >= 15 is 0 Å². The number of carboxylic acid groups (broad SMARTS) is 1. The average molecular weight is 527 g/mol. The summed E-state index contributed by atoms with van der Waals surface area (Å²) in [6.45, 7) is 4.83. The van der Waals surface area contributed by atoms with Crippen molar-refractivity contribution < 1.29 is 18.7 Å². The molecule has 0 bridgehead atoms. The highest BCUT2D eigenvalue weighted by Crippen LogP contribution is 2.57. The summed E-state index contributed by atoms with van der Waals surface area (Å²) in [6, 6.07) is 8.61. The highest BCUT2D eigenvalue weighted by Gasteiger charge is 2.56. The van der Waals surface area contributed by atoms with Crippen molar-refractivity contribution in [1.29, 1.82) is 5.26 Å². The van der Waals surface area contributed by atoms with Crippen molar-refractivity contribution in [3.63, 3.8) is 0 Å². The normalized spacial score (nSPS) is 18.8. The molecule has 2 N–H and O–H groups in total. The minimum absolute atomic E-state index is 0.0741. The van der Waals surface area contributed by atoms with Crippen molar-refractivity contribution >= 4 is 40.1 Å². The number of hydrogen-bond acceptors (Lipinski definition) is 7. The van der Waals surface area contributed by atoms with Gasteiger partial charge in [-0.1, -0.05) is 17.7 Å². The Kier molecular flexibility index (Phi) is 6.15. The maximum Gasteiger partial charge on any atom is 0.356 e. The number of nitrogens with one attached hydrogen (secondary N) is 1. The van der Waals surface area contributed by atoms with Crippen LogP contribution in [-0.2, 0) is 0 Å². The molecule has 1 atom stereocenters. The number of halogens is 3. The van der Waals surface area contributed by atoms with E-state index in [0.717, 1.165) is 11.1 Å². The number of aromatic carboxylic acids is 1. The number of hydrogen-bond donors (Lipinski definition) is 2. The number of anilines is 2. The van der Waals surface area contributed by atoms with Gasteiger partial charge in [-0.3, -0.25) is 0 Å². The molecular formula is C26H25ClF2N6O2. The van der Waals surface area contributed by atoms with Gasteiger partial charge in [0.2, 0.25) is 5.92 Å². The first-order chi connectivity index (χ1) is 17.5. The van der Waals surface area contributed by atoms with Crippen molar-refractivity contribution in [3.05, 3.63) is 51.9 Å². The third-order valence-electron chi connectivity index (χ3n) is 7.32. The predicted octanol–water partition coefficient (Wildman–Crippen LogP) is 5.75. The SMILES string of the molecule is Cc1cc([C@@H](C)Nc2ccc(Cl)nc2C(=O)O)c2nc(N3CCC4(CC3)CC(F)(F)C4)c(C#N)nc2c1. The lowest BCUT2D eigenvalue weighted by molar-refractivity contribution is -0.168. The Labute approximate surface area is 217 Å². The van der Waals surface area contributed by atoms with Crippen LogP contribution in [0.2, 0.25) is 5.15 Å². The number of benzene rings is 1. The molecule has 3 aromatic rings. The van der Waals surface area contributed by atoms with Crippen LogP contribution >= 0.6 is 11.6 Å². The monoisotopic (exact) mass is 526 g/mol. The number of rotatable bonds is 5. The minimum atomic E-state index is -2.57. The van der Waals surface area contributed by atoms with Crippen LogP contribution < -0.4 is 10.2 Å². The predicted molar refractivity (Wildman–Crippen MR) is 135 cm³/mol. The van der Waals surface area contributed by atoms with Gasteiger partial charge >= 0.3 is 5.97 Å². The van der Waals surface area contributed by atoms with Gasteiger partial charge in [0.1, 0.15) is 11.2 Å². The molecular weight excluding hydrogens is 502 g/mol. The number of aromatic nitrogens is 3. The third kappa shape index (κ3) is 4.76. The fourth-order valence-electron chi connectivity index (χ4n) is 5.57. The van der Waals surface area contributed by atoms with Crippen molar-refractivity contribution in [1.82, 2.24) is 15.0 Å². The van der Waals surface area contributed by atoms with Gasteiger partial charge in [0.05, 0.1) is 22.8 Å². The first-order valence-corrected chi connectivity index (χ1v) is 12.4. The summed E-state index contributed by atoms with van der Waals surface area (Å²) in [5.41, 5.74) is 2.77. The van der Waals surface area contributed by atoms with Crippen LogP contribution in [0.5, 0.6) is 0 Å². The van der Waals surface area contributed by atoms with Gasteiger partial charge in [-0.15, -0.1) is 0 Å². The number of fused-ring (bicyclic) bond motifs is 1. The molecule has 1 saturated heterocycles. The average Bonchev–Trinajstić information content (AvgIpc) is 2.83. The first kappa shape index (κ1) is 25.1. The van der Waals surface area contributed by atoms with Crippen LogP contribution in [0, 0.1) is 23.7 Å². The summed E-state index contributed by atoms with van der Waals surface area (Å²) in [4.78, 5) is 27.0. The molecule has 37 heavy (non-hydrogen) atoms. The molecule has 0 radical (unpaired) electrons. The van der Waals surface area contributed by atoms with Crippen molar-refractivity contribution in [2.75, 3.05) is 23.3 Å². The van der Waals surface area contributed by atoms with Gasteiger partial charge in [-0.05, 0) is 55.9 Å². The standard InChI is InChI=1S/C26H25ClF2N6O2/c1-14-9-16(15(2)31-17-3-4-20(27)33-22(17)24(36)37)21-18(10-14)32-19(11-30)23(34-21)35-7-5-25(6-8-35)12-26(28,29)13-25/h3-4,9-10,15,31H,5-8,12-13H2,1-2H3,(H,36,37)/t15-/m1/s1. The number of nitrogens with zero attached hydrogens (tertiary/aromatic N) is 5. The molecule has 8 nitrogen and oxygen atoms in total. The number of alkyl halides is 2. The molecule has 1 spiro atoms. The highest BCUT2D eigenvalue weighted by molar-refractivity contribution is 6.29. The molecule has 3 heterocycles. The van der Waals surface area contributed by atoms with E-state index < -0.39 is 11.9 Å². The third-order valence-corrected chi connectivity index (χ3v) is 7.54. The van der Waals surface area contributed by atoms with Gasteiger partial charge in [-0.25, -0.2) is 28.5 Å². The lowest BCUT2D eigenvalue weighted by atomic mass is 9.61. The Morgan fingerprint density at radius 3 is 2.54 bits per heavy atom. The summed E-state index contributed by atoms with van der Waals surface area (Å²) in [6.07, 6.45) is 1.08. The Bertz CT molecular complexity index is 1440. The number of pyridine rings is 1. The fourth-order valence-corrected chi connectivity index (χ4v) is 5.71. The number of piperidine rings is 1. The molecule has 0 amide bonds. The second-order valence-corrected chi connectivity index (χ2v) is 10.5. The lowest BCUT2D eigenvalue weighted by Crippen LogP contribution is -2.52. The lowest BCUT2D eigenvalue weighted by Gasteiger charge is -2.52. The fraction of sp³-hybridized carbons (Fsp3) is 0.423. The molecule has 2 aromatic heterocycles. The summed E-state index contributed by atoms with van der Waals surface area (Å²) in [7, 11) is 0. The van der Waals surface area contributed by atoms with Gasteiger partial charge in [0.25, 0.3) is 0 Å². The Morgan fingerprint density at radius 2 is 1.92 bits per heavy atom. The number of aryl methyl sites for hydroxylation is 1. The topological polar surface area (TPSA) is 115 Å². The van der Waals surface area contributed by atoms with Crippen molar-refractivity contribution in [2.24, 2.45) is 5.41 Å². The van der Waals surface area contributed by atoms with Crippen LogP contribution in [0.15, 0.2) is 24.3 Å². The summed E-state index contributed by atoms with van der Waals surface area (Å²) in [5.74, 6) is -3.34. The smallest absolute Gasteiger partial charge is 0.356 e. The molecule has 1 aliphatic carbocycles. The summed E-state index contributed by atoms with van der Waals surface area (Å²) in [5, 5.41) is 22.6. The van der Waals surface area contributed by atoms with Crippen LogP contribution in [0.1, 0.15) is 66.0 Å². The van der Waals surface area contributed by atoms with E-state index in [9.17, 15) is 23.9 Å².